The lowest BCUT2D eigenvalue weighted by atomic mass is 9.94. The summed E-state index contributed by atoms with van der Waals surface area (Å²) < 4.78 is 5.68. The molecule has 0 spiro atoms. The minimum absolute atomic E-state index is 0.0459. The SMILES string of the molecule is Cc1cccc(C(CC(=O)O)c2nnc(C3CC3)o2)c1. The molecule has 1 heterocycles. The molecule has 3 rings (SSSR count). The van der Waals surface area contributed by atoms with Gasteiger partial charge in [0, 0.05) is 5.92 Å². The lowest BCUT2D eigenvalue weighted by Gasteiger charge is -2.11. The van der Waals surface area contributed by atoms with Crippen LogP contribution in [0.3, 0.4) is 0 Å². The standard InChI is InChI=1S/C15H16N2O3/c1-9-3-2-4-11(7-9)12(8-13(18)19)15-17-16-14(20-15)10-5-6-10/h2-4,7,10,12H,5-6,8H2,1H3,(H,18,19). The zero-order valence-corrected chi connectivity index (χ0v) is 11.2. The zero-order chi connectivity index (χ0) is 14.1. The van der Waals surface area contributed by atoms with E-state index in [0.29, 0.717) is 17.7 Å². The summed E-state index contributed by atoms with van der Waals surface area (Å²) in [6.45, 7) is 1.98. The third-order valence-electron chi connectivity index (χ3n) is 3.50. The van der Waals surface area contributed by atoms with Crippen molar-refractivity contribution < 1.29 is 14.3 Å². The van der Waals surface area contributed by atoms with E-state index in [1.807, 2.05) is 31.2 Å². The predicted molar refractivity (Wildman–Crippen MR) is 71.5 cm³/mol. The molecule has 0 amide bonds. The molecule has 5 heteroatoms. The second-order valence-corrected chi connectivity index (χ2v) is 5.32. The van der Waals surface area contributed by atoms with Crippen molar-refractivity contribution in [3.05, 3.63) is 47.2 Å². The van der Waals surface area contributed by atoms with Crippen LogP contribution in [0.1, 0.15) is 54.0 Å². The maximum Gasteiger partial charge on any atom is 0.304 e. The van der Waals surface area contributed by atoms with E-state index in [0.717, 1.165) is 24.0 Å². The fraction of sp³-hybridized carbons (Fsp3) is 0.400. The highest BCUT2D eigenvalue weighted by Gasteiger charge is 2.31. The highest BCUT2D eigenvalue weighted by atomic mass is 16.4. The van der Waals surface area contributed by atoms with Crippen LogP contribution >= 0.6 is 0 Å². The van der Waals surface area contributed by atoms with Crippen LogP contribution in [-0.4, -0.2) is 21.3 Å². The zero-order valence-electron chi connectivity index (χ0n) is 11.2. The molecule has 1 saturated carbocycles. The Morgan fingerprint density at radius 1 is 1.45 bits per heavy atom. The van der Waals surface area contributed by atoms with Crippen LogP contribution in [-0.2, 0) is 4.79 Å². The Bertz CT molecular complexity index is 632. The molecule has 104 valence electrons. The van der Waals surface area contributed by atoms with Crippen LogP contribution in [0.5, 0.6) is 0 Å². The minimum Gasteiger partial charge on any atom is -0.481 e. The van der Waals surface area contributed by atoms with Crippen LogP contribution in [0.2, 0.25) is 0 Å². The fourth-order valence-electron chi connectivity index (χ4n) is 2.29. The summed E-state index contributed by atoms with van der Waals surface area (Å²) in [5.41, 5.74) is 1.98. The first-order valence-corrected chi connectivity index (χ1v) is 6.75. The largest absolute Gasteiger partial charge is 0.481 e. The van der Waals surface area contributed by atoms with Gasteiger partial charge in [-0.2, -0.15) is 0 Å². The molecular formula is C15H16N2O3. The van der Waals surface area contributed by atoms with Gasteiger partial charge in [-0.3, -0.25) is 4.79 Å². The first-order valence-electron chi connectivity index (χ1n) is 6.75. The van der Waals surface area contributed by atoms with E-state index < -0.39 is 5.97 Å². The van der Waals surface area contributed by atoms with Crippen molar-refractivity contribution >= 4 is 5.97 Å². The summed E-state index contributed by atoms with van der Waals surface area (Å²) in [6, 6.07) is 7.76. The molecule has 1 aliphatic rings. The Kier molecular flexibility index (Phi) is 3.26. The Hall–Kier alpha value is -2.17. The first kappa shape index (κ1) is 12.8. The van der Waals surface area contributed by atoms with Gasteiger partial charge in [0.1, 0.15) is 0 Å². The number of aliphatic carboxylic acids is 1. The van der Waals surface area contributed by atoms with E-state index in [9.17, 15) is 4.79 Å². The third kappa shape index (κ3) is 2.71. The van der Waals surface area contributed by atoms with Crippen molar-refractivity contribution in [3.8, 4) is 0 Å². The van der Waals surface area contributed by atoms with Crippen molar-refractivity contribution in [2.75, 3.05) is 0 Å². The summed E-state index contributed by atoms with van der Waals surface area (Å²) >= 11 is 0. The number of hydrogen-bond acceptors (Lipinski definition) is 4. The number of carbonyl (C=O) groups is 1. The first-order chi connectivity index (χ1) is 9.63. The summed E-state index contributed by atoms with van der Waals surface area (Å²) in [5.74, 6) is 0.164. The third-order valence-corrected chi connectivity index (χ3v) is 3.50. The summed E-state index contributed by atoms with van der Waals surface area (Å²) in [5, 5.41) is 17.2. The molecule has 2 aromatic rings. The van der Waals surface area contributed by atoms with Gasteiger partial charge < -0.3 is 9.52 Å². The second kappa shape index (κ2) is 5.07. The molecule has 1 unspecified atom stereocenters. The van der Waals surface area contributed by atoms with Gasteiger partial charge in [0.25, 0.3) is 0 Å². The molecule has 20 heavy (non-hydrogen) atoms. The van der Waals surface area contributed by atoms with E-state index in [2.05, 4.69) is 10.2 Å². The number of carboxylic acids is 1. The van der Waals surface area contributed by atoms with Gasteiger partial charge in [0.05, 0.1) is 12.3 Å². The molecule has 5 nitrogen and oxygen atoms in total. The minimum atomic E-state index is -0.873. The van der Waals surface area contributed by atoms with Crippen LogP contribution in [0.25, 0.3) is 0 Å². The van der Waals surface area contributed by atoms with Gasteiger partial charge in [-0.15, -0.1) is 10.2 Å². The molecule has 0 bridgehead atoms. The number of nitrogens with zero attached hydrogens (tertiary/aromatic N) is 2. The molecule has 0 radical (unpaired) electrons. The van der Waals surface area contributed by atoms with E-state index in [4.69, 9.17) is 9.52 Å². The number of aryl methyl sites for hydroxylation is 1. The van der Waals surface area contributed by atoms with Crippen LogP contribution in [0, 0.1) is 6.92 Å². The highest BCUT2D eigenvalue weighted by molar-refractivity contribution is 5.68. The fourth-order valence-corrected chi connectivity index (χ4v) is 2.29. The van der Waals surface area contributed by atoms with E-state index in [1.54, 1.807) is 0 Å². The molecule has 0 aliphatic heterocycles. The Morgan fingerprint density at radius 2 is 2.25 bits per heavy atom. The van der Waals surface area contributed by atoms with Crippen LogP contribution in [0.4, 0.5) is 0 Å². The number of hydrogen-bond donors (Lipinski definition) is 1. The number of carboxylic acid groups (broad SMARTS) is 1. The topological polar surface area (TPSA) is 76.2 Å². The van der Waals surface area contributed by atoms with Gasteiger partial charge in [-0.05, 0) is 25.3 Å². The van der Waals surface area contributed by atoms with Gasteiger partial charge >= 0.3 is 5.97 Å². The van der Waals surface area contributed by atoms with E-state index in [-0.39, 0.29) is 12.3 Å². The summed E-state index contributed by atoms with van der Waals surface area (Å²) in [7, 11) is 0. The van der Waals surface area contributed by atoms with Crippen molar-refractivity contribution in [2.45, 2.75) is 38.0 Å². The maximum absolute atomic E-state index is 11.1. The van der Waals surface area contributed by atoms with Crippen molar-refractivity contribution in [2.24, 2.45) is 0 Å². The van der Waals surface area contributed by atoms with Crippen LogP contribution in [0.15, 0.2) is 28.7 Å². The number of benzene rings is 1. The molecular weight excluding hydrogens is 256 g/mol. The van der Waals surface area contributed by atoms with Crippen molar-refractivity contribution in [3.63, 3.8) is 0 Å². The summed E-state index contributed by atoms with van der Waals surface area (Å²) in [6.07, 6.45) is 2.11. The quantitative estimate of drug-likeness (QED) is 0.905. The van der Waals surface area contributed by atoms with Crippen LogP contribution < -0.4 is 0 Å². The second-order valence-electron chi connectivity index (χ2n) is 5.32. The Balaban J connectivity index is 1.93. The predicted octanol–water partition coefficient (Wildman–Crippen LogP) is 2.86. The van der Waals surface area contributed by atoms with Gasteiger partial charge in [0.15, 0.2) is 0 Å². The number of aromatic nitrogens is 2. The van der Waals surface area contributed by atoms with Gasteiger partial charge in [-0.25, -0.2) is 0 Å². The average Bonchev–Trinajstić information content (AvgIpc) is 3.14. The van der Waals surface area contributed by atoms with Gasteiger partial charge in [0.2, 0.25) is 11.8 Å². The van der Waals surface area contributed by atoms with Gasteiger partial charge in [-0.1, -0.05) is 29.8 Å². The van der Waals surface area contributed by atoms with E-state index in [1.165, 1.54) is 0 Å². The Morgan fingerprint density at radius 3 is 2.90 bits per heavy atom. The molecule has 0 saturated heterocycles. The normalized spacial score (nSPS) is 16.1. The molecule has 1 aromatic carbocycles. The number of rotatable bonds is 5. The molecule has 1 N–H and O–H groups in total. The molecule has 1 aromatic heterocycles. The Labute approximate surface area is 116 Å². The monoisotopic (exact) mass is 272 g/mol. The average molecular weight is 272 g/mol. The molecule has 1 atom stereocenters. The lowest BCUT2D eigenvalue weighted by molar-refractivity contribution is -0.137. The maximum atomic E-state index is 11.1. The van der Waals surface area contributed by atoms with E-state index >= 15 is 0 Å². The molecule has 1 aliphatic carbocycles. The summed E-state index contributed by atoms with van der Waals surface area (Å²) in [4.78, 5) is 11.1. The van der Waals surface area contributed by atoms with Crippen molar-refractivity contribution in [1.29, 1.82) is 0 Å². The smallest absolute Gasteiger partial charge is 0.304 e. The van der Waals surface area contributed by atoms with Crippen molar-refractivity contribution in [1.82, 2.24) is 10.2 Å². The lowest BCUT2D eigenvalue weighted by Crippen LogP contribution is -2.08. The molecule has 1 fully saturated rings. The highest BCUT2D eigenvalue weighted by Crippen LogP contribution is 2.40.